The summed E-state index contributed by atoms with van der Waals surface area (Å²) in [5, 5.41) is 11.6. The molecule has 5 nitrogen and oxygen atoms in total. The minimum absolute atomic E-state index is 0.0471. The zero-order chi connectivity index (χ0) is 29.3. The Morgan fingerprint density at radius 1 is 0.651 bits per heavy atom. The Labute approximate surface area is 251 Å². The van der Waals surface area contributed by atoms with Crippen molar-refractivity contribution in [2.24, 2.45) is 0 Å². The fraction of sp³-hybridized carbons (Fsp3) is 0.0789. The topological polar surface area (TPSA) is 48.8 Å². The standard InChI is InChI=1S/C38H31N3O2/c1-26-18-20-28(21-19-26)29-12-8-13-31(22-29)43-36-17-9-14-32(38(36)42)33-23-30(27-10-4-3-5-11-27)24-37(39-33)41-25-40(2)34-15-6-7-16-35(34)41/h3-24,42H,25H2,1-2H3. The maximum atomic E-state index is 11.6. The number of pyridine rings is 1. The molecule has 0 spiro atoms. The molecule has 0 saturated carbocycles. The highest BCUT2D eigenvalue weighted by molar-refractivity contribution is 5.84. The third kappa shape index (κ3) is 5.17. The highest BCUT2D eigenvalue weighted by Crippen LogP contribution is 2.43. The highest BCUT2D eigenvalue weighted by atomic mass is 16.5. The van der Waals surface area contributed by atoms with E-state index in [0.29, 0.717) is 29.4 Å². The van der Waals surface area contributed by atoms with E-state index in [0.717, 1.165) is 39.4 Å². The molecule has 0 saturated heterocycles. The van der Waals surface area contributed by atoms with Gasteiger partial charge in [-0.15, -0.1) is 0 Å². The van der Waals surface area contributed by atoms with Gasteiger partial charge in [0.2, 0.25) is 0 Å². The first-order chi connectivity index (χ1) is 21.0. The van der Waals surface area contributed by atoms with Gasteiger partial charge in [-0.3, -0.25) is 0 Å². The smallest absolute Gasteiger partial charge is 0.169 e. The third-order valence-electron chi connectivity index (χ3n) is 7.85. The van der Waals surface area contributed by atoms with E-state index in [2.05, 4.69) is 90.5 Å². The average molecular weight is 562 g/mol. The van der Waals surface area contributed by atoms with Crippen LogP contribution in [0.4, 0.5) is 17.2 Å². The van der Waals surface area contributed by atoms with E-state index in [1.807, 2.05) is 60.7 Å². The minimum atomic E-state index is 0.0471. The summed E-state index contributed by atoms with van der Waals surface area (Å²) in [4.78, 5) is 9.52. The number of nitrogens with zero attached hydrogens (tertiary/aromatic N) is 3. The first-order valence-electron chi connectivity index (χ1n) is 14.4. The molecular weight excluding hydrogens is 530 g/mol. The van der Waals surface area contributed by atoms with Crippen LogP contribution >= 0.6 is 0 Å². The lowest BCUT2D eigenvalue weighted by atomic mass is 10.0. The van der Waals surface area contributed by atoms with Crippen LogP contribution in [0.1, 0.15) is 5.56 Å². The second kappa shape index (κ2) is 11.0. The van der Waals surface area contributed by atoms with Crippen LogP contribution in [0.3, 0.4) is 0 Å². The number of fused-ring (bicyclic) bond motifs is 1. The van der Waals surface area contributed by atoms with Crippen molar-refractivity contribution in [2.75, 3.05) is 23.5 Å². The van der Waals surface area contributed by atoms with E-state index < -0.39 is 0 Å². The summed E-state index contributed by atoms with van der Waals surface area (Å²) in [7, 11) is 2.08. The summed E-state index contributed by atoms with van der Waals surface area (Å²) in [6.07, 6.45) is 0. The van der Waals surface area contributed by atoms with Crippen LogP contribution in [0, 0.1) is 6.92 Å². The molecule has 1 aliphatic heterocycles. The summed E-state index contributed by atoms with van der Waals surface area (Å²) in [6, 6.07) is 44.6. The van der Waals surface area contributed by atoms with Gasteiger partial charge in [-0.1, -0.05) is 90.5 Å². The fourth-order valence-electron chi connectivity index (χ4n) is 5.59. The van der Waals surface area contributed by atoms with E-state index >= 15 is 0 Å². The van der Waals surface area contributed by atoms with Gasteiger partial charge in [-0.2, -0.15) is 0 Å². The number of para-hydroxylation sites is 3. The molecule has 0 radical (unpaired) electrons. The molecule has 0 unspecified atom stereocenters. The largest absolute Gasteiger partial charge is 0.504 e. The lowest BCUT2D eigenvalue weighted by Crippen LogP contribution is -2.24. The number of aromatic hydroxyl groups is 1. The summed E-state index contributed by atoms with van der Waals surface area (Å²) in [6.45, 7) is 2.76. The number of hydrogen-bond acceptors (Lipinski definition) is 5. The first kappa shape index (κ1) is 26.4. The van der Waals surface area contributed by atoms with Crippen molar-refractivity contribution in [2.45, 2.75) is 6.92 Å². The van der Waals surface area contributed by atoms with Crippen molar-refractivity contribution in [1.82, 2.24) is 4.98 Å². The molecule has 0 aliphatic carbocycles. The molecule has 6 aromatic rings. The minimum Gasteiger partial charge on any atom is -0.504 e. The lowest BCUT2D eigenvalue weighted by molar-refractivity contribution is 0.413. The van der Waals surface area contributed by atoms with Gasteiger partial charge in [-0.05, 0) is 77.7 Å². The number of aryl methyl sites for hydroxylation is 1. The van der Waals surface area contributed by atoms with E-state index in [9.17, 15) is 5.11 Å². The molecular formula is C38H31N3O2. The predicted octanol–water partition coefficient (Wildman–Crippen LogP) is 9.43. The quantitative estimate of drug-likeness (QED) is 0.219. The van der Waals surface area contributed by atoms with E-state index in [1.54, 1.807) is 6.07 Å². The van der Waals surface area contributed by atoms with Gasteiger partial charge in [0.1, 0.15) is 11.6 Å². The number of ether oxygens (including phenoxy) is 1. The number of anilines is 3. The van der Waals surface area contributed by atoms with Crippen LogP contribution in [0.15, 0.2) is 133 Å². The molecule has 1 N–H and O–H groups in total. The Morgan fingerprint density at radius 2 is 1.35 bits per heavy atom. The van der Waals surface area contributed by atoms with Gasteiger partial charge in [0.15, 0.2) is 11.5 Å². The molecule has 2 heterocycles. The molecule has 5 heteroatoms. The van der Waals surface area contributed by atoms with Gasteiger partial charge < -0.3 is 19.6 Å². The van der Waals surface area contributed by atoms with Crippen molar-refractivity contribution in [1.29, 1.82) is 0 Å². The number of hydrogen-bond donors (Lipinski definition) is 1. The van der Waals surface area contributed by atoms with Crippen LogP contribution in [0.25, 0.3) is 33.5 Å². The Hall–Kier alpha value is -5.55. The normalized spacial score (nSPS) is 12.3. The Balaban J connectivity index is 1.28. The second-order valence-corrected chi connectivity index (χ2v) is 10.9. The van der Waals surface area contributed by atoms with Crippen LogP contribution in [0.5, 0.6) is 17.2 Å². The molecule has 210 valence electrons. The molecule has 0 fully saturated rings. The van der Waals surface area contributed by atoms with Crippen molar-refractivity contribution in [3.05, 3.63) is 139 Å². The first-order valence-corrected chi connectivity index (χ1v) is 14.4. The maximum absolute atomic E-state index is 11.6. The molecule has 0 atom stereocenters. The fourth-order valence-corrected chi connectivity index (χ4v) is 5.59. The summed E-state index contributed by atoms with van der Waals surface area (Å²) >= 11 is 0. The number of phenols is 1. The maximum Gasteiger partial charge on any atom is 0.169 e. The number of rotatable bonds is 6. The zero-order valence-corrected chi connectivity index (χ0v) is 24.1. The van der Waals surface area contributed by atoms with Crippen molar-refractivity contribution >= 4 is 17.2 Å². The monoisotopic (exact) mass is 561 g/mol. The molecule has 7 rings (SSSR count). The van der Waals surface area contributed by atoms with E-state index in [1.165, 1.54) is 5.56 Å². The Morgan fingerprint density at radius 3 is 2.16 bits per heavy atom. The lowest BCUT2D eigenvalue weighted by Gasteiger charge is -2.21. The van der Waals surface area contributed by atoms with Crippen LogP contribution in [-0.2, 0) is 0 Å². The Bertz CT molecular complexity index is 1920. The summed E-state index contributed by atoms with van der Waals surface area (Å²) in [5.41, 5.74) is 8.99. The number of phenolic OH excluding ortho intramolecular Hbond substituents is 1. The molecule has 43 heavy (non-hydrogen) atoms. The average Bonchev–Trinajstić information content (AvgIpc) is 3.39. The van der Waals surface area contributed by atoms with Crippen LogP contribution in [-0.4, -0.2) is 23.8 Å². The van der Waals surface area contributed by atoms with Gasteiger partial charge in [0, 0.05) is 12.6 Å². The zero-order valence-electron chi connectivity index (χ0n) is 24.1. The molecule has 1 aromatic heterocycles. The summed E-state index contributed by atoms with van der Waals surface area (Å²) < 4.78 is 6.27. The SMILES string of the molecule is Cc1ccc(-c2cccc(Oc3cccc(-c4cc(-c5ccccc5)cc(N5CN(C)c6ccccc65)n4)c3O)c2)cc1. The van der Waals surface area contributed by atoms with Crippen LogP contribution in [0.2, 0.25) is 0 Å². The molecule has 5 aromatic carbocycles. The van der Waals surface area contributed by atoms with Crippen LogP contribution < -0.4 is 14.5 Å². The molecule has 1 aliphatic rings. The molecule has 0 bridgehead atoms. The van der Waals surface area contributed by atoms with Gasteiger partial charge in [0.25, 0.3) is 0 Å². The van der Waals surface area contributed by atoms with Crippen molar-refractivity contribution in [3.63, 3.8) is 0 Å². The molecule has 0 amide bonds. The van der Waals surface area contributed by atoms with Gasteiger partial charge >= 0.3 is 0 Å². The van der Waals surface area contributed by atoms with Gasteiger partial charge in [0.05, 0.1) is 23.7 Å². The predicted molar refractivity (Wildman–Crippen MR) is 175 cm³/mol. The summed E-state index contributed by atoms with van der Waals surface area (Å²) in [5.74, 6) is 1.88. The number of benzene rings is 5. The van der Waals surface area contributed by atoms with Crippen molar-refractivity contribution < 1.29 is 9.84 Å². The van der Waals surface area contributed by atoms with Crippen molar-refractivity contribution in [3.8, 4) is 50.8 Å². The number of aromatic nitrogens is 1. The second-order valence-electron chi connectivity index (χ2n) is 10.9. The highest BCUT2D eigenvalue weighted by Gasteiger charge is 2.26. The van der Waals surface area contributed by atoms with E-state index in [4.69, 9.17) is 9.72 Å². The van der Waals surface area contributed by atoms with E-state index in [-0.39, 0.29) is 5.75 Å². The Kier molecular flexibility index (Phi) is 6.76. The third-order valence-corrected chi connectivity index (χ3v) is 7.85. The van der Waals surface area contributed by atoms with Gasteiger partial charge in [-0.25, -0.2) is 4.98 Å².